The molecule has 2 saturated heterocycles. The summed E-state index contributed by atoms with van der Waals surface area (Å²) in [6.07, 6.45) is 2.88. The Morgan fingerprint density at radius 1 is 0.500 bits per heavy atom. The molecule has 0 radical (unpaired) electrons. The Kier molecular flexibility index (Phi) is 22.1. The van der Waals surface area contributed by atoms with E-state index in [1.54, 1.807) is 13.8 Å². The van der Waals surface area contributed by atoms with E-state index in [0.717, 1.165) is 0 Å². The monoisotopic (exact) mass is 906 g/mol. The Hall–Kier alpha value is -4.81. The topological polar surface area (TPSA) is 279 Å². The number of nitrogens with two attached hydrogens (primary N) is 1. The molecule has 2 heterocycles. The Bertz CT molecular complexity index is 1650. The maximum Gasteiger partial charge on any atom is 0.326 e. The minimum absolute atomic E-state index is 0.0464. The highest BCUT2D eigenvalue weighted by Crippen LogP contribution is 2.22. The Labute approximate surface area is 379 Å². The van der Waals surface area contributed by atoms with Crippen molar-refractivity contribution in [2.45, 2.75) is 189 Å². The van der Waals surface area contributed by atoms with Gasteiger partial charge in [0.2, 0.25) is 47.3 Å². The molecule has 0 saturated carbocycles. The molecule has 9 atom stereocenters. The predicted octanol–water partition coefficient (Wildman–Crippen LogP) is 1.17. The van der Waals surface area contributed by atoms with Gasteiger partial charge in [-0.2, -0.15) is 0 Å². The first-order valence-corrected chi connectivity index (χ1v) is 23.2. The zero-order valence-corrected chi connectivity index (χ0v) is 40.2. The van der Waals surface area contributed by atoms with Crippen molar-refractivity contribution in [2.24, 2.45) is 35.3 Å². The molecule has 8 amide bonds. The van der Waals surface area contributed by atoms with Crippen molar-refractivity contribution < 1.29 is 48.3 Å². The van der Waals surface area contributed by atoms with Crippen molar-refractivity contribution in [1.82, 2.24) is 41.7 Å². The van der Waals surface area contributed by atoms with Gasteiger partial charge in [-0.25, -0.2) is 4.79 Å². The summed E-state index contributed by atoms with van der Waals surface area (Å²) in [6.45, 7) is 22.1. The summed E-state index contributed by atoms with van der Waals surface area (Å²) in [4.78, 5) is 123. The smallest absolute Gasteiger partial charge is 0.326 e. The lowest BCUT2D eigenvalue weighted by Crippen LogP contribution is -2.61. The Morgan fingerprint density at radius 2 is 0.922 bits per heavy atom. The van der Waals surface area contributed by atoms with E-state index in [4.69, 9.17) is 5.73 Å². The summed E-state index contributed by atoms with van der Waals surface area (Å²) in [6, 6.07) is -9.08. The van der Waals surface area contributed by atoms with Crippen molar-refractivity contribution in [3.05, 3.63) is 0 Å². The van der Waals surface area contributed by atoms with E-state index >= 15 is 0 Å². The third kappa shape index (κ3) is 17.0. The molecular weight excluding hydrogens is 827 g/mol. The van der Waals surface area contributed by atoms with Gasteiger partial charge in [-0.1, -0.05) is 69.2 Å². The molecule has 0 aliphatic carbocycles. The van der Waals surface area contributed by atoms with Gasteiger partial charge >= 0.3 is 5.97 Å². The Morgan fingerprint density at radius 3 is 1.41 bits per heavy atom. The maximum absolute atomic E-state index is 14.0. The SMILES string of the molecule is CC(C)C[C@H](NC(=O)[C@H](CC(C)C)NC(=O)[C@@H](NC(=O)[C@@H]1CCCN1C(=O)[C@H](CC(C)C)NC(=O)[C@@H](N)CC(C)C)C(C)C)C(=O)N[C@@H](C)C(=O)N[C@@H](C)C(=O)N1CCC[C@H]1C(=O)O. The van der Waals surface area contributed by atoms with Crippen molar-refractivity contribution in [3.8, 4) is 0 Å². The number of amides is 8. The molecule has 0 aromatic rings. The molecule has 2 fully saturated rings. The van der Waals surface area contributed by atoms with Crippen LogP contribution >= 0.6 is 0 Å². The highest BCUT2D eigenvalue weighted by atomic mass is 16.4. The number of carboxylic acids is 1. The molecule has 0 spiro atoms. The van der Waals surface area contributed by atoms with Crippen LogP contribution in [0.25, 0.3) is 0 Å². The van der Waals surface area contributed by atoms with Crippen LogP contribution in [0.4, 0.5) is 0 Å². The number of aliphatic carboxylic acids is 1. The molecule has 9 N–H and O–H groups in total. The van der Waals surface area contributed by atoms with Crippen molar-refractivity contribution in [1.29, 1.82) is 0 Å². The quantitative estimate of drug-likeness (QED) is 0.0681. The number of carbonyl (C=O) groups is 9. The van der Waals surface area contributed by atoms with Gasteiger partial charge in [-0.3, -0.25) is 38.4 Å². The second-order valence-electron chi connectivity index (χ2n) is 19.7. The van der Waals surface area contributed by atoms with Gasteiger partial charge in [-0.15, -0.1) is 0 Å². The minimum atomic E-state index is -1.14. The second kappa shape index (κ2) is 25.6. The lowest BCUT2D eigenvalue weighted by Gasteiger charge is -2.32. The first-order valence-electron chi connectivity index (χ1n) is 23.2. The summed E-state index contributed by atoms with van der Waals surface area (Å²) in [5.41, 5.74) is 6.13. The van der Waals surface area contributed by atoms with E-state index < -0.39 is 114 Å². The molecule has 64 heavy (non-hydrogen) atoms. The fourth-order valence-electron chi connectivity index (χ4n) is 8.13. The number of carbonyl (C=O) groups excluding carboxylic acids is 8. The zero-order chi connectivity index (χ0) is 48.7. The summed E-state index contributed by atoms with van der Waals surface area (Å²) in [7, 11) is 0. The van der Waals surface area contributed by atoms with Gasteiger partial charge in [0.15, 0.2) is 0 Å². The average molecular weight is 906 g/mol. The highest BCUT2D eigenvalue weighted by molar-refractivity contribution is 5.98. The molecule has 2 rings (SSSR count). The normalized spacial score (nSPS) is 19.7. The fourth-order valence-corrected chi connectivity index (χ4v) is 8.13. The molecule has 0 bridgehead atoms. The first kappa shape index (κ1) is 55.3. The van der Waals surface area contributed by atoms with Crippen molar-refractivity contribution in [3.63, 3.8) is 0 Å². The Balaban J connectivity index is 2.19. The van der Waals surface area contributed by atoms with Gasteiger partial charge < -0.3 is 52.5 Å². The molecule has 2 aliphatic heterocycles. The van der Waals surface area contributed by atoms with Gasteiger partial charge in [-0.05, 0) is 94.8 Å². The lowest BCUT2D eigenvalue weighted by molar-refractivity contribution is -0.149. The van der Waals surface area contributed by atoms with Crippen LogP contribution in [0.2, 0.25) is 0 Å². The number of hydrogen-bond donors (Lipinski definition) is 8. The van der Waals surface area contributed by atoms with Crippen LogP contribution < -0.4 is 37.6 Å². The number of hydrogen-bond acceptors (Lipinski definition) is 10. The van der Waals surface area contributed by atoms with Gasteiger partial charge in [0, 0.05) is 13.1 Å². The molecular formula is C45H79N9O10. The van der Waals surface area contributed by atoms with E-state index in [2.05, 4.69) is 31.9 Å². The number of likely N-dealkylation sites (tertiary alicyclic amines) is 2. The molecule has 0 aromatic carbocycles. The first-order chi connectivity index (χ1) is 29.7. The molecule has 19 nitrogen and oxygen atoms in total. The summed E-state index contributed by atoms with van der Waals surface area (Å²) < 4.78 is 0. The van der Waals surface area contributed by atoms with E-state index in [0.29, 0.717) is 38.5 Å². The molecule has 0 unspecified atom stereocenters. The molecule has 19 heteroatoms. The predicted molar refractivity (Wildman–Crippen MR) is 241 cm³/mol. The van der Waals surface area contributed by atoms with E-state index in [1.165, 1.54) is 23.6 Å². The fraction of sp³-hybridized carbons (Fsp3) is 0.800. The van der Waals surface area contributed by atoms with Gasteiger partial charge in [0.05, 0.1) is 6.04 Å². The third-order valence-corrected chi connectivity index (χ3v) is 11.5. The largest absolute Gasteiger partial charge is 0.480 e. The van der Waals surface area contributed by atoms with Crippen molar-refractivity contribution in [2.75, 3.05) is 13.1 Å². The van der Waals surface area contributed by atoms with Gasteiger partial charge in [0.25, 0.3) is 0 Å². The molecule has 364 valence electrons. The average Bonchev–Trinajstić information content (AvgIpc) is 3.89. The van der Waals surface area contributed by atoms with Crippen LogP contribution in [0.5, 0.6) is 0 Å². The minimum Gasteiger partial charge on any atom is -0.480 e. The van der Waals surface area contributed by atoms with E-state index in [1.807, 2.05) is 55.4 Å². The van der Waals surface area contributed by atoms with E-state index in [-0.39, 0.29) is 49.6 Å². The van der Waals surface area contributed by atoms with Crippen molar-refractivity contribution >= 4 is 53.2 Å². The second-order valence-corrected chi connectivity index (χ2v) is 19.7. The number of nitrogens with zero attached hydrogens (tertiary/aromatic N) is 2. The van der Waals surface area contributed by atoms with E-state index in [9.17, 15) is 48.3 Å². The van der Waals surface area contributed by atoms with Crippen LogP contribution in [-0.4, -0.2) is 136 Å². The third-order valence-electron chi connectivity index (χ3n) is 11.5. The number of rotatable bonds is 24. The number of nitrogens with one attached hydrogen (secondary N) is 6. The van der Waals surface area contributed by atoms with Crippen LogP contribution in [0.1, 0.15) is 134 Å². The van der Waals surface area contributed by atoms with Crippen LogP contribution in [0.15, 0.2) is 0 Å². The van der Waals surface area contributed by atoms with Gasteiger partial charge in [0.1, 0.15) is 48.3 Å². The maximum atomic E-state index is 14.0. The highest BCUT2D eigenvalue weighted by Gasteiger charge is 2.41. The van der Waals surface area contributed by atoms with Crippen LogP contribution in [0.3, 0.4) is 0 Å². The standard InChI is InChI=1S/C45H79N9O10/c1-23(2)19-30(46)38(56)51-33(22-26(7)8)44(62)53-17-13-15-34(53)41(59)52-36(27(9)10)42(60)50-32(21-25(5)6)40(58)49-31(20-24(3)4)39(57)47-28(11)37(55)48-29(12)43(61)54-18-14-16-35(54)45(63)64/h23-36H,13-22,46H2,1-12H3,(H,47,57)(H,48,55)(H,49,58)(H,50,60)(H,51,56)(H,52,59)(H,63,64)/t28-,29-,30-,31-,32-,33-,34-,35-,36-/m0/s1. The number of carboxylic acid groups (broad SMARTS) is 1. The van der Waals surface area contributed by atoms with Crippen LogP contribution in [-0.2, 0) is 43.2 Å². The summed E-state index contributed by atoms with van der Waals surface area (Å²) in [5.74, 6) is -6.07. The van der Waals surface area contributed by atoms with Crippen LogP contribution in [0, 0.1) is 29.6 Å². The zero-order valence-electron chi connectivity index (χ0n) is 40.2. The summed E-state index contributed by atoms with van der Waals surface area (Å²) in [5, 5.41) is 25.8. The molecule has 2 aliphatic rings. The molecule has 0 aromatic heterocycles. The summed E-state index contributed by atoms with van der Waals surface area (Å²) >= 11 is 0. The lowest BCUT2D eigenvalue weighted by atomic mass is 9.98.